The van der Waals surface area contributed by atoms with Crippen molar-refractivity contribution in [2.24, 2.45) is 0 Å². The Balaban J connectivity index is 4.38. The second kappa shape index (κ2) is 61.4. The largest absolute Gasteiger partial charge is 0.462 e. The zero-order valence-corrected chi connectivity index (χ0v) is 48.4. The second-order valence-corrected chi connectivity index (χ2v) is 20.9. The van der Waals surface area contributed by atoms with Gasteiger partial charge in [0.15, 0.2) is 6.10 Å². The van der Waals surface area contributed by atoms with Crippen LogP contribution >= 0.6 is 0 Å². The number of rotatable bonds is 57. The van der Waals surface area contributed by atoms with E-state index in [1.54, 1.807) is 0 Å². The van der Waals surface area contributed by atoms with E-state index in [9.17, 15) is 14.4 Å². The molecule has 0 aliphatic carbocycles. The minimum atomic E-state index is -0.793. The molecule has 0 saturated heterocycles. The van der Waals surface area contributed by atoms with Crippen molar-refractivity contribution in [3.8, 4) is 0 Å². The van der Waals surface area contributed by atoms with E-state index in [-0.39, 0.29) is 31.1 Å². The molecule has 0 amide bonds. The maximum atomic E-state index is 12.9. The molecule has 1 atom stereocenters. The number of carbonyl (C=O) groups is 3. The van der Waals surface area contributed by atoms with Crippen molar-refractivity contribution in [3.05, 3.63) is 72.9 Å². The van der Waals surface area contributed by atoms with Gasteiger partial charge in [-0.15, -0.1) is 0 Å². The van der Waals surface area contributed by atoms with Crippen LogP contribution in [0, 0.1) is 0 Å². The molecule has 0 N–H and O–H groups in total. The average Bonchev–Trinajstić information content (AvgIpc) is 3.39. The molecule has 0 rings (SSSR count). The predicted octanol–water partition coefficient (Wildman–Crippen LogP) is 21.3. The number of allylic oxidation sites excluding steroid dienone is 12. The first kappa shape index (κ1) is 69.8. The summed E-state index contributed by atoms with van der Waals surface area (Å²) in [7, 11) is 0. The van der Waals surface area contributed by atoms with Gasteiger partial charge in [0.05, 0.1) is 0 Å². The van der Waals surface area contributed by atoms with E-state index in [0.717, 1.165) is 109 Å². The monoisotopic (exact) mass is 1020 g/mol. The van der Waals surface area contributed by atoms with Crippen molar-refractivity contribution in [2.45, 2.75) is 322 Å². The molecule has 0 radical (unpaired) electrons. The Morgan fingerprint density at radius 3 is 0.863 bits per heavy atom. The third kappa shape index (κ3) is 59.6. The minimum Gasteiger partial charge on any atom is -0.462 e. The normalized spacial score (nSPS) is 12.5. The Kier molecular flexibility index (Phi) is 58.7. The number of esters is 3. The lowest BCUT2D eigenvalue weighted by molar-refractivity contribution is -0.167. The summed E-state index contributed by atoms with van der Waals surface area (Å²) in [5, 5.41) is 0. The molecule has 0 unspecified atom stereocenters. The Labute approximate surface area is 453 Å². The van der Waals surface area contributed by atoms with Gasteiger partial charge in [-0.2, -0.15) is 0 Å². The summed E-state index contributed by atoms with van der Waals surface area (Å²) in [5.41, 5.74) is 0. The van der Waals surface area contributed by atoms with Gasteiger partial charge in [0.2, 0.25) is 0 Å². The number of hydrogen-bond acceptors (Lipinski definition) is 6. The van der Waals surface area contributed by atoms with Crippen molar-refractivity contribution < 1.29 is 28.6 Å². The van der Waals surface area contributed by atoms with E-state index in [1.807, 2.05) is 0 Å². The standard InChI is InChI=1S/C67H118O6/c1-4-7-10-13-16-19-22-25-28-30-32-33-35-37-40-42-45-48-51-54-57-60-66(69)72-63-64(73-67(70)61-58-55-52-49-46-43-38-27-24-21-18-15-12-9-6-3)62-71-65(68)59-56-53-50-47-44-41-39-36-34-31-29-26-23-20-17-14-11-8-5-2/h8,11,17,20,26-27,29,34,36,38,41,44,64H,4-7,9-10,12-16,18-19,21-25,28,30-33,35,37,39-40,42-43,45-63H2,1-3H3/b11-8-,20-17-,29-26-,36-34-,38-27-,44-41-/t64-/m1/s1. The molecule has 6 heteroatoms. The Morgan fingerprint density at radius 2 is 0.534 bits per heavy atom. The number of ether oxygens (including phenoxy) is 3. The van der Waals surface area contributed by atoms with E-state index in [0.29, 0.717) is 19.3 Å². The van der Waals surface area contributed by atoms with Gasteiger partial charge < -0.3 is 14.2 Å². The fourth-order valence-electron chi connectivity index (χ4n) is 9.00. The second-order valence-electron chi connectivity index (χ2n) is 20.9. The summed E-state index contributed by atoms with van der Waals surface area (Å²) < 4.78 is 16.9. The lowest BCUT2D eigenvalue weighted by Crippen LogP contribution is -2.30. The van der Waals surface area contributed by atoms with Crippen LogP contribution in [0.2, 0.25) is 0 Å². The molecule has 6 nitrogen and oxygen atoms in total. The van der Waals surface area contributed by atoms with Crippen molar-refractivity contribution >= 4 is 17.9 Å². The van der Waals surface area contributed by atoms with E-state index >= 15 is 0 Å². The maximum Gasteiger partial charge on any atom is 0.306 e. The van der Waals surface area contributed by atoms with Gasteiger partial charge in [0.1, 0.15) is 13.2 Å². The van der Waals surface area contributed by atoms with Crippen LogP contribution in [-0.4, -0.2) is 37.2 Å². The van der Waals surface area contributed by atoms with Gasteiger partial charge in [-0.05, 0) is 89.9 Å². The van der Waals surface area contributed by atoms with Crippen molar-refractivity contribution in [3.63, 3.8) is 0 Å². The summed E-state index contributed by atoms with van der Waals surface area (Å²) in [6, 6.07) is 0. The highest BCUT2D eigenvalue weighted by atomic mass is 16.6. The molecular formula is C67H118O6. The molecule has 0 aliphatic rings. The van der Waals surface area contributed by atoms with Crippen LogP contribution in [0.15, 0.2) is 72.9 Å². The van der Waals surface area contributed by atoms with Crippen LogP contribution in [0.5, 0.6) is 0 Å². The summed E-state index contributed by atoms with van der Waals surface area (Å²) in [4.78, 5) is 38.3. The van der Waals surface area contributed by atoms with E-state index in [4.69, 9.17) is 14.2 Å². The van der Waals surface area contributed by atoms with Crippen molar-refractivity contribution in [2.75, 3.05) is 13.2 Å². The minimum absolute atomic E-state index is 0.0866. The summed E-state index contributed by atoms with van der Waals surface area (Å²) in [5.74, 6) is -0.914. The molecule has 0 spiro atoms. The molecule has 73 heavy (non-hydrogen) atoms. The lowest BCUT2D eigenvalue weighted by atomic mass is 10.0. The van der Waals surface area contributed by atoms with E-state index < -0.39 is 6.10 Å². The molecule has 0 heterocycles. The maximum absolute atomic E-state index is 12.9. The van der Waals surface area contributed by atoms with Crippen LogP contribution in [0.25, 0.3) is 0 Å². The predicted molar refractivity (Wildman–Crippen MR) is 316 cm³/mol. The van der Waals surface area contributed by atoms with Gasteiger partial charge in [-0.25, -0.2) is 0 Å². The van der Waals surface area contributed by atoms with Gasteiger partial charge in [0.25, 0.3) is 0 Å². The quantitative estimate of drug-likeness (QED) is 0.0261. The molecular weight excluding hydrogens is 901 g/mol. The Bertz CT molecular complexity index is 1360. The molecule has 0 aliphatic heterocycles. The summed E-state index contributed by atoms with van der Waals surface area (Å²) >= 11 is 0. The third-order valence-electron chi connectivity index (χ3n) is 13.7. The average molecular weight is 1020 g/mol. The van der Waals surface area contributed by atoms with Crippen LogP contribution in [0.1, 0.15) is 316 Å². The van der Waals surface area contributed by atoms with E-state index in [2.05, 4.69) is 93.7 Å². The van der Waals surface area contributed by atoms with Gasteiger partial charge >= 0.3 is 17.9 Å². The highest BCUT2D eigenvalue weighted by Crippen LogP contribution is 2.17. The van der Waals surface area contributed by atoms with Gasteiger partial charge in [-0.3, -0.25) is 14.4 Å². The zero-order chi connectivity index (χ0) is 52.9. The number of hydrogen-bond donors (Lipinski definition) is 0. The highest BCUT2D eigenvalue weighted by Gasteiger charge is 2.19. The SMILES string of the molecule is CC/C=C\C/C=C\C/C=C\C/C=C\C/C=C\CCCCCC(=O)OC[C@H](COC(=O)CCCCCCCCCCCCCCCCCCCCCCC)OC(=O)CCCCCCC/C=C\CCCCCCCC. The topological polar surface area (TPSA) is 78.9 Å². The first-order valence-electron chi connectivity index (χ1n) is 31.4. The Hall–Kier alpha value is -3.15. The first-order valence-corrected chi connectivity index (χ1v) is 31.4. The molecule has 422 valence electrons. The summed E-state index contributed by atoms with van der Waals surface area (Å²) in [6.07, 6.45) is 79.0. The smallest absolute Gasteiger partial charge is 0.306 e. The van der Waals surface area contributed by atoms with Crippen LogP contribution < -0.4 is 0 Å². The zero-order valence-electron chi connectivity index (χ0n) is 48.4. The molecule has 0 aromatic carbocycles. The van der Waals surface area contributed by atoms with Crippen molar-refractivity contribution in [1.29, 1.82) is 0 Å². The Morgan fingerprint density at radius 1 is 0.288 bits per heavy atom. The van der Waals surface area contributed by atoms with Gasteiger partial charge in [0, 0.05) is 19.3 Å². The molecule has 0 saturated carbocycles. The fraction of sp³-hybridized carbons (Fsp3) is 0.776. The third-order valence-corrected chi connectivity index (χ3v) is 13.7. The highest BCUT2D eigenvalue weighted by molar-refractivity contribution is 5.71. The van der Waals surface area contributed by atoms with Crippen LogP contribution in [-0.2, 0) is 28.6 Å². The van der Waals surface area contributed by atoms with Crippen LogP contribution in [0.3, 0.4) is 0 Å². The number of unbranched alkanes of at least 4 members (excludes halogenated alkanes) is 34. The molecule has 0 fully saturated rings. The van der Waals surface area contributed by atoms with Crippen molar-refractivity contribution in [1.82, 2.24) is 0 Å². The van der Waals surface area contributed by atoms with Gasteiger partial charge in [-0.1, -0.05) is 280 Å². The fourth-order valence-corrected chi connectivity index (χ4v) is 9.00. The number of carbonyl (C=O) groups excluding carboxylic acids is 3. The lowest BCUT2D eigenvalue weighted by Gasteiger charge is -2.18. The summed E-state index contributed by atoms with van der Waals surface area (Å²) in [6.45, 7) is 6.53. The molecule has 0 aromatic heterocycles. The van der Waals surface area contributed by atoms with E-state index in [1.165, 1.54) is 167 Å². The first-order chi connectivity index (χ1) is 36.0. The molecule has 0 bridgehead atoms. The molecule has 0 aromatic rings. The van der Waals surface area contributed by atoms with Crippen LogP contribution in [0.4, 0.5) is 0 Å².